The van der Waals surface area contributed by atoms with Crippen molar-refractivity contribution in [3.8, 4) is 5.75 Å². The summed E-state index contributed by atoms with van der Waals surface area (Å²) in [6.07, 6.45) is 3.14. The highest BCUT2D eigenvalue weighted by Crippen LogP contribution is 2.40. The Balaban J connectivity index is 1.87. The van der Waals surface area contributed by atoms with E-state index >= 15 is 0 Å². The summed E-state index contributed by atoms with van der Waals surface area (Å²) in [5.41, 5.74) is 0.749. The van der Waals surface area contributed by atoms with Gasteiger partial charge in [-0.05, 0) is 29.3 Å². The maximum Gasteiger partial charge on any atom is 0.295 e. The first kappa shape index (κ1) is 20.7. The molecule has 0 radical (unpaired) electrons. The molecule has 2 N–H and O–H groups in total. The molecule has 1 aliphatic heterocycles. The molecule has 2 heterocycles. The smallest absolute Gasteiger partial charge is 0.295 e. The molecule has 0 bridgehead atoms. The van der Waals surface area contributed by atoms with Gasteiger partial charge in [0.15, 0.2) is 0 Å². The lowest BCUT2D eigenvalue weighted by Crippen LogP contribution is -2.29. The van der Waals surface area contributed by atoms with Gasteiger partial charge in [-0.2, -0.15) is 0 Å². The van der Waals surface area contributed by atoms with E-state index in [1.807, 2.05) is 0 Å². The summed E-state index contributed by atoms with van der Waals surface area (Å²) in [5.74, 6) is -2.25. The summed E-state index contributed by atoms with van der Waals surface area (Å²) in [5, 5.41) is 31.8. The van der Waals surface area contributed by atoms with Crippen molar-refractivity contribution in [2.75, 3.05) is 0 Å². The van der Waals surface area contributed by atoms with Crippen molar-refractivity contribution >= 4 is 23.1 Å². The molecule has 1 unspecified atom stereocenters. The van der Waals surface area contributed by atoms with Crippen molar-refractivity contribution in [3.05, 3.63) is 105 Å². The van der Waals surface area contributed by atoms with Crippen LogP contribution in [0.15, 0.2) is 78.6 Å². The molecule has 0 aliphatic carbocycles. The van der Waals surface area contributed by atoms with Crippen LogP contribution >= 0.6 is 0 Å². The van der Waals surface area contributed by atoms with E-state index in [1.165, 1.54) is 35.2 Å². The molecule has 32 heavy (non-hydrogen) atoms. The molecule has 1 amide bonds. The first-order chi connectivity index (χ1) is 15.4. The zero-order chi connectivity index (χ0) is 22.8. The lowest BCUT2D eigenvalue weighted by atomic mass is 9.95. The number of carbonyl (C=O) groups excluding carboxylic acids is 2. The molecular weight excluding hydrogens is 414 g/mol. The Labute approximate surface area is 182 Å². The third-order valence-electron chi connectivity index (χ3n) is 5.15. The number of Topliss-reactive ketones (excluding diaryl/α,β-unsaturated/α-hetero) is 1. The number of nitro groups is 1. The Kier molecular flexibility index (Phi) is 5.38. The highest BCUT2D eigenvalue weighted by molar-refractivity contribution is 6.46. The van der Waals surface area contributed by atoms with Crippen LogP contribution in [0, 0.1) is 10.1 Å². The number of phenolic OH excluding ortho intramolecular Hbond substituents is 1. The van der Waals surface area contributed by atoms with Gasteiger partial charge in [-0.1, -0.05) is 30.3 Å². The van der Waals surface area contributed by atoms with Gasteiger partial charge in [-0.15, -0.1) is 0 Å². The standard InChI is InChI=1S/C23H17N3O6/c27-18-8-6-15(7-9-18)20-19(21(28)16-4-1-5-17(11-16)26(31)32)22(29)23(30)25(20)13-14-3-2-10-24-12-14/h1-12,20,27-28H,13H2/b21-19-. The van der Waals surface area contributed by atoms with Crippen molar-refractivity contribution in [1.82, 2.24) is 9.88 Å². The number of benzene rings is 2. The summed E-state index contributed by atoms with van der Waals surface area (Å²) >= 11 is 0. The molecule has 4 rings (SSSR count). The molecular formula is C23H17N3O6. The number of aromatic nitrogens is 1. The van der Waals surface area contributed by atoms with E-state index in [0.717, 1.165) is 6.07 Å². The summed E-state index contributed by atoms with van der Waals surface area (Å²) in [6, 6.07) is 13.6. The molecule has 3 aromatic rings. The topological polar surface area (TPSA) is 134 Å². The number of likely N-dealkylation sites (tertiary alicyclic amines) is 1. The van der Waals surface area contributed by atoms with Gasteiger partial charge >= 0.3 is 0 Å². The van der Waals surface area contributed by atoms with Crippen LogP contribution in [0.25, 0.3) is 5.76 Å². The van der Waals surface area contributed by atoms with Crippen LogP contribution in [0.3, 0.4) is 0 Å². The molecule has 1 aliphatic rings. The van der Waals surface area contributed by atoms with Crippen molar-refractivity contribution < 1.29 is 24.7 Å². The van der Waals surface area contributed by atoms with Gasteiger partial charge in [0.25, 0.3) is 17.4 Å². The number of hydrogen-bond acceptors (Lipinski definition) is 7. The second-order valence-corrected chi connectivity index (χ2v) is 7.19. The first-order valence-electron chi connectivity index (χ1n) is 9.58. The van der Waals surface area contributed by atoms with Crippen molar-refractivity contribution in [3.63, 3.8) is 0 Å². The van der Waals surface area contributed by atoms with Crippen LogP contribution in [-0.4, -0.2) is 36.7 Å². The van der Waals surface area contributed by atoms with E-state index in [2.05, 4.69) is 4.98 Å². The fraction of sp³-hybridized carbons (Fsp3) is 0.0870. The van der Waals surface area contributed by atoms with E-state index in [4.69, 9.17) is 0 Å². The van der Waals surface area contributed by atoms with E-state index in [1.54, 1.807) is 36.7 Å². The minimum atomic E-state index is -0.963. The van der Waals surface area contributed by atoms with E-state index in [9.17, 15) is 29.9 Å². The summed E-state index contributed by atoms with van der Waals surface area (Å²) < 4.78 is 0. The molecule has 160 valence electrons. The van der Waals surface area contributed by atoms with Crippen molar-refractivity contribution in [2.24, 2.45) is 0 Å². The lowest BCUT2D eigenvalue weighted by molar-refractivity contribution is -0.384. The summed E-state index contributed by atoms with van der Waals surface area (Å²) in [7, 11) is 0. The summed E-state index contributed by atoms with van der Waals surface area (Å²) in [6.45, 7) is 0.0513. The molecule has 0 saturated carbocycles. The van der Waals surface area contributed by atoms with Crippen LogP contribution in [0.1, 0.15) is 22.7 Å². The fourth-order valence-corrected chi connectivity index (χ4v) is 3.66. The van der Waals surface area contributed by atoms with Gasteiger partial charge in [0.1, 0.15) is 11.5 Å². The number of phenols is 1. The zero-order valence-electron chi connectivity index (χ0n) is 16.6. The number of non-ortho nitro benzene ring substituents is 1. The third kappa shape index (κ3) is 3.79. The van der Waals surface area contributed by atoms with Gasteiger partial charge in [-0.3, -0.25) is 24.7 Å². The molecule has 1 fully saturated rings. The number of nitrogens with zero attached hydrogens (tertiary/aromatic N) is 3. The number of pyridine rings is 1. The molecule has 1 aromatic heterocycles. The van der Waals surface area contributed by atoms with E-state index < -0.39 is 28.4 Å². The predicted molar refractivity (Wildman–Crippen MR) is 113 cm³/mol. The number of aliphatic hydroxyl groups is 1. The number of rotatable bonds is 5. The molecule has 9 nitrogen and oxygen atoms in total. The number of amides is 1. The van der Waals surface area contributed by atoms with Gasteiger partial charge in [0.2, 0.25) is 0 Å². The number of aromatic hydroxyl groups is 1. The minimum Gasteiger partial charge on any atom is -0.508 e. The maximum atomic E-state index is 13.0. The average molecular weight is 431 g/mol. The largest absolute Gasteiger partial charge is 0.508 e. The first-order valence-corrected chi connectivity index (χ1v) is 9.58. The molecule has 0 spiro atoms. The number of nitro benzene ring substituents is 1. The van der Waals surface area contributed by atoms with Crippen LogP contribution in [-0.2, 0) is 16.1 Å². The summed E-state index contributed by atoms with van der Waals surface area (Å²) in [4.78, 5) is 41.8. The highest BCUT2D eigenvalue weighted by Gasteiger charge is 2.46. The Bertz CT molecular complexity index is 1240. The number of carbonyl (C=O) groups is 2. The van der Waals surface area contributed by atoms with Gasteiger partial charge in [0.05, 0.1) is 16.5 Å². The Morgan fingerprint density at radius 2 is 1.84 bits per heavy atom. The van der Waals surface area contributed by atoms with Crippen LogP contribution in [0.4, 0.5) is 5.69 Å². The second kappa shape index (κ2) is 8.31. The minimum absolute atomic E-state index is 0.00311. The quantitative estimate of drug-likeness (QED) is 0.208. The average Bonchev–Trinajstić information content (AvgIpc) is 3.05. The van der Waals surface area contributed by atoms with Gasteiger partial charge in [0, 0.05) is 36.6 Å². The molecule has 1 saturated heterocycles. The number of hydrogen-bond donors (Lipinski definition) is 2. The third-order valence-corrected chi connectivity index (χ3v) is 5.15. The van der Waals surface area contributed by atoms with E-state index in [-0.39, 0.29) is 29.1 Å². The molecule has 9 heteroatoms. The predicted octanol–water partition coefficient (Wildman–Crippen LogP) is 3.32. The molecule has 1 atom stereocenters. The monoisotopic (exact) mass is 431 g/mol. The van der Waals surface area contributed by atoms with Crippen molar-refractivity contribution in [2.45, 2.75) is 12.6 Å². The van der Waals surface area contributed by atoms with Crippen LogP contribution in [0.5, 0.6) is 5.75 Å². The van der Waals surface area contributed by atoms with Crippen molar-refractivity contribution in [1.29, 1.82) is 0 Å². The molecule has 2 aromatic carbocycles. The second-order valence-electron chi connectivity index (χ2n) is 7.19. The van der Waals surface area contributed by atoms with Gasteiger partial charge < -0.3 is 15.1 Å². The number of ketones is 1. The Morgan fingerprint density at radius 1 is 1.09 bits per heavy atom. The highest BCUT2D eigenvalue weighted by atomic mass is 16.6. The normalized spacial score (nSPS) is 17.5. The van der Waals surface area contributed by atoms with Crippen LogP contribution in [0.2, 0.25) is 0 Å². The zero-order valence-corrected chi connectivity index (χ0v) is 16.6. The van der Waals surface area contributed by atoms with Gasteiger partial charge in [-0.25, -0.2) is 0 Å². The Morgan fingerprint density at radius 3 is 2.50 bits per heavy atom. The Hall–Kier alpha value is -4.53. The van der Waals surface area contributed by atoms with Crippen LogP contribution < -0.4 is 0 Å². The van der Waals surface area contributed by atoms with E-state index in [0.29, 0.717) is 11.1 Å². The fourth-order valence-electron chi connectivity index (χ4n) is 3.66. The lowest BCUT2D eigenvalue weighted by Gasteiger charge is -2.25. The SMILES string of the molecule is O=C1C(=O)N(Cc2cccnc2)C(c2ccc(O)cc2)/C1=C(/O)c1cccc([N+](=O)[O-])c1. The number of aliphatic hydroxyl groups excluding tert-OH is 1. The maximum absolute atomic E-state index is 13.0.